The Morgan fingerprint density at radius 2 is 1.83 bits per heavy atom. The van der Waals surface area contributed by atoms with Crippen molar-refractivity contribution in [1.82, 2.24) is 5.32 Å². The molecule has 1 aromatic carbocycles. The lowest BCUT2D eigenvalue weighted by atomic mass is 9.95. The number of aliphatic carboxylic acids is 1. The Labute approximate surface area is 174 Å². The van der Waals surface area contributed by atoms with Crippen molar-refractivity contribution < 1.29 is 19.5 Å². The Bertz CT molecular complexity index is 892. The van der Waals surface area contributed by atoms with Gasteiger partial charge in [0.25, 0.3) is 5.91 Å². The fourth-order valence-electron chi connectivity index (χ4n) is 3.63. The molecule has 0 fully saturated rings. The number of thiophene rings is 1. The average molecular weight is 415 g/mol. The number of carboxylic acids is 1. The summed E-state index contributed by atoms with van der Waals surface area (Å²) in [6.07, 6.45) is 3.93. The molecule has 1 aliphatic carbocycles. The summed E-state index contributed by atoms with van der Waals surface area (Å²) in [6.45, 7) is 2.16. The first-order chi connectivity index (χ1) is 13.9. The second kappa shape index (κ2) is 9.69. The molecule has 0 bridgehead atoms. The summed E-state index contributed by atoms with van der Waals surface area (Å²) < 4.78 is 0. The molecular formula is C22H26N2O4S. The highest BCUT2D eigenvalue weighted by Gasteiger charge is 2.26. The minimum absolute atomic E-state index is 0.0568. The number of rotatable bonds is 8. The van der Waals surface area contributed by atoms with Crippen LogP contribution in [0.25, 0.3) is 0 Å². The van der Waals surface area contributed by atoms with E-state index in [2.05, 4.69) is 10.6 Å². The standard InChI is InChI=1S/C22H26N2O4S/c1-14(12-19(26)27)11-18(25)24-22-20(16-9-5-6-10-17(16)29-22)21(28)23-13-15-7-3-2-4-8-15/h2-4,7-8,14H,5-6,9-13H2,1H3,(H,23,28)(H,24,25)(H,26,27)/t14-/m0/s1. The molecule has 0 unspecified atom stereocenters. The largest absolute Gasteiger partial charge is 0.481 e. The Morgan fingerprint density at radius 3 is 2.55 bits per heavy atom. The minimum atomic E-state index is -0.919. The number of anilines is 1. The van der Waals surface area contributed by atoms with Crippen molar-refractivity contribution in [3.63, 3.8) is 0 Å². The predicted molar refractivity (Wildman–Crippen MR) is 113 cm³/mol. The van der Waals surface area contributed by atoms with Gasteiger partial charge in [0.15, 0.2) is 0 Å². The van der Waals surface area contributed by atoms with Gasteiger partial charge in [0.2, 0.25) is 5.91 Å². The molecule has 3 N–H and O–H groups in total. The van der Waals surface area contributed by atoms with Gasteiger partial charge in [-0.25, -0.2) is 0 Å². The van der Waals surface area contributed by atoms with Gasteiger partial charge in [-0.3, -0.25) is 14.4 Å². The van der Waals surface area contributed by atoms with Crippen LogP contribution in [0.1, 0.15) is 59.0 Å². The van der Waals surface area contributed by atoms with Crippen LogP contribution >= 0.6 is 11.3 Å². The summed E-state index contributed by atoms with van der Waals surface area (Å²) in [4.78, 5) is 37.4. The zero-order valence-electron chi connectivity index (χ0n) is 16.5. The normalized spacial score (nSPS) is 14.0. The molecule has 0 spiro atoms. The molecule has 0 aliphatic heterocycles. The molecule has 1 heterocycles. The van der Waals surface area contributed by atoms with Crippen molar-refractivity contribution in [3.8, 4) is 0 Å². The van der Waals surface area contributed by atoms with Crippen molar-refractivity contribution in [2.45, 2.75) is 52.0 Å². The van der Waals surface area contributed by atoms with Gasteiger partial charge >= 0.3 is 5.97 Å². The molecule has 7 heteroatoms. The van der Waals surface area contributed by atoms with E-state index >= 15 is 0 Å². The highest BCUT2D eigenvalue weighted by atomic mass is 32.1. The number of carbonyl (C=O) groups excluding carboxylic acids is 2. The first-order valence-electron chi connectivity index (χ1n) is 9.92. The van der Waals surface area contributed by atoms with Crippen LogP contribution in [-0.2, 0) is 29.0 Å². The summed E-state index contributed by atoms with van der Waals surface area (Å²) in [5.74, 6) is -1.62. The summed E-state index contributed by atoms with van der Waals surface area (Å²) in [6, 6.07) is 9.70. The molecule has 1 aromatic heterocycles. The molecule has 0 radical (unpaired) electrons. The van der Waals surface area contributed by atoms with Crippen LogP contribution in [0.4, 0.5) is 5.00 Å². The number of nitrogens with one attached hydrogen (secondary N) is 2. The predicted octanol–water partition coefficient (Wildman–Crippen LogP) is 4.00. The quantitative estimate of drug-likeness (QED) is 0.608. The maximum atomic E-state index is 13.0. The first-order valence-corrected chi connectivity index (χ1v) is 10.7. The van der Waals surface area contributed by atoms with E-state index < -0.39 is 5.97 Å². The highest BCUT2D eigenvalue weighted by Crippen LogP contribution is 2.38. The van der Waals surface area contributed by atoms with E-state index in [9.17, 15) is 14.4 Å². The summed E-state index contributed by atoms with van der Waals surface area (Å²) in [5.41, 5.74) is 2.62. The summed E-state index contributed by atoms with van der Waals surface area (Å²) in [5, 5.41) is 15.3. The third-order valence-electron chi connectivity index (χ3n) is 5.00. The number of aryl methyl sites for hydroxylation is 1. The monoisotopic (exact) mass is 414 g/mol. The number of hydrogen-bond donors (Lipinski definition) is 3. The molecule has 29 heavy (non-hydrogen) atoms. The maximum Gasteiger partial charge on any atom is 0.303 e. The maximum absolute atomic E-state index is 13.0. The number of hydrogen-bond acceptors (Lipinski definition) is 4. The zero-order chi connectivity index (χ0) is 20.8. The second-order valence-electron chi connectivity index (χ2n) is 7.54. The van der Waals surface area contributed by atoms with E-state index in [0.29, 0.717) is 17.1 Å². The first kappa shape index (κ1) is 21.0. The van der Waals surface area contributed by atoms with Crippen LogP contribution in [0.5, 0.6) is 0 Å². The van der Waals surface area contributed by atoms with Gasteiger partial charge in [0, 0.05) is 24.3 Å². The fourth-order valence-corrected chi connectivity index (χ4v) is 4.93. The van der Waals surface area contributed by atoms with Crippen molar-refractivity contribution in [1.29, 1.82) is 0 Å². The topological polar surface area (TPSA) is 95.5 Å². The van der Waals surface area contributed by atoms with Crippen molar-refractivity contribution >= 4 is 34.1 Å². The Balaban J connectivity index is 1.74. The molecule has 6 nitrogen and oxygen atoms in total. The van der Waals surface area contributed by atoms with Crippen molar-refractivity contribution in [2.24, 2.45) is 5.92 Å². The lowest BCUT2D eigenvalue weighted by Crippen LogP contribution is -2.25. The van der Waals surface area contributed by atoms with Crippen LogP contribution in [0.2, 0.25) is 0 Å². The second-order valence-corrected chi connectivity index (χ2v) is 8.64. The van der Waals surface area contributed by atoms with Crippen molar-refractivity contribution in [2.75, 3.05) is 5.32 Å². The summed E-state index contributed by atoms with van der Waals surface area (Å²) >= 11 is 1.47. The minimum Gasteiger partial charge on any atom is -0.481 e. The molecule has 1 atom stereocenters. The SMILES string of the molecule is C[C@H](CC(=O)O)CC(=O)Nc1sc2c(c1C(=O)NCc1ccccc1)CCCC2. The molecule has 3 rings (SSSR count). The zero-order valence-corrected chi connectivity index (χ0v) is 17.3. The fraction of sp³-hybridized carbons (Fsp3) is 0.409. The van der Waals surface area contributed by atoms with E-state index in [1.807, 2.05) is 30.3 Å². The van der Waals surface area contributed by atoms with Gasteiger partial charge < -0.3 is 15.7 Å². The van der Waals surface area contributed by atoms with E-state index in [0.717, 1.165) is 41.7 Å². The molecular weight excluding hydrogens is 388 g/mol. The van der Waals surface area contributed by atoms with E-state index in [-0.39, 0.29) is 30.6 Å². The van der Waals surface area contributed by atoms with E-state index in [1.165, 1.54) is 11.3 Å². The number of amides is 2. The number of carboxylic acid groups (broad SMARTS) is 1. The van der Waals surface area contributed by atoms with Gasteiger partial charge in [-0.05, 0) is 42.7 Å². The van der Waals surface area contributed by atoms with Crippen LogP contribution in [-0.4, -0.2) is 22.9 Å². The number of carbonyl (C=O) groups is 3. The van der Waals surface area contributed by atoms with Gasteiger partial charge in [-0.1, -0.05) is 37.3 Å². The number of fused-ring (bicyclic) bond motifs is 1. The molecule has 0 saturated heterocycles. The average Bonchev–Trinajstić information content (AvgIpc) is 3.03. The van der Waals surface area contributed by atoms with Crippen LogP contribution in [0, 0.1) is 5.92 Å². The smallest absolute Gasteiger partial charge is 0.303 e. The van der Waals surface area contributed by atoms with E-state index in [4.69, 9.17) is 5.11 Å². The van der Waals surface area contributed by atoms with E-state index in [1.54, 1.807) is 6.92 Å². The van der Waals surface area contributed by atoms with Gasteiger partial charge in [0.1, 0.15) is 5.00 Å². The third kappa shape index (κ3) is 5.67. The van der Waals surface area contributed by atoms with Crippen LogP contribution < -0.4 is 10.6 Å². The molecule has 1 aliphatic rings. The molecule has 2 amide bonds. The van der Waals surface area contributed by atoms with Gasteiger partial charge in [-0.15, -0.1) is 11.3 Å². The third-order valence-corrected chi connectivity index (χ3v) is 6.21. The van der Waals surface area contributed by atoms with Crippen LogP contribution in [0.15, 0.2) is 30.3 Å². The highest BCUT2D eigenvalue weighted by molar-refractivity contribution is 7.17. The van der Waals surface area contributed by atoms with Gasteiger partial charge in [0.05, 0.1) is 5.56 Å². The Morgan fingerprint density at radius 1 is 1.10 bits per heavy atom. The van der Waals surface area contributed by atoms with Crippen molar-refractivity contribution in [3.05, 3.63) is 51.9 Å². The Hall–Kier alpha value is -2.67. The lowest BCUT2D eigenvalue weighted by molar-refractivity contribution is -0.138. The Kier molecular flexibility index (Phi) is 7.04. The molecule has 154 valence electrons. The molecule has 0 saturated carbocycles. The lowest BCUT2D eigenvalue weighted by Gasteiger charge is -2.14. The summed E-state index contributed by atoms with van der Waals surface area (Å²) in [7, 11) is 0. The van der Waals surface area contributed by atoms with Crippen LogP contribution in [0.3, 0.4) is 0 Å². The molecule has 2 aromatic rings. The van der Waals surface area contributed by atoms with Gasteiger partial charge in [-0.2, -0.15) is 0 Å². The number of benzene rings is 1.